The highest BCUT2D eigenvalue weighted by molar-refractivity contribution is 5.42. The van der Waals surface area contributed by atoms with Gasteiger partial charge in [0.2, 0.25) is 0 Å². The molecule has 0 saturated carbocycles. The second kappa shape index (κ2) is 7.66. The first-order valence-electron chi connectivity index (χ1n) is 7.85. The molecule has 1 aromatic carbocycles. The van der Waals surface area contributed by atoms with Gasteiger partial charge in [0.15, 0.2) is 11.5 Å². The van der Waals surface area contributed by atoms with E-state index in [1.807, 2.05) is 13.0 Å². The van der Waals surface area contributed by atoms with Gasteiger partial charge in [-0.15, -0.1) is 0 Å². The zero-order chi connectivity index (χ0) is 15.2. The number of ether oxygens (including phenoxy) is 2. The Labute approximate surface area is 128 Å². The first-order valence-corrected chi connectivity index (χ1v) is 7.85. The lowest BCUT2D eigenvalue weighted by atomic mass is 9.94. The highest BCUT2D eigenvalue weighted by Gasteiger charge is 2.23. The highest BCUT2D eigenvalue weighted by atomic mass is 16.5. The number of piperidine rings is 1. The molecular formula is C17H28N2O2. The molecule has 118 valence electrons. The molecule has 1 aromatic rings. The van der Waals surface area contributed by atoms with Crippen molar-refractivity contribution in [1.82, 2.24) is 10.2 Å². The minimum absolute atomic E-state index is 0.596. The van der Waals surface area contributed by atoms with Crippen LogP contribution >= 0.6 is 0 Å². The van der Waals surface area contributed by atoms with E-state index in [1.54, 1.807) is 7.11 Å². The third kappa shape index (κ3) is 4.35. The Morgan fingerprint density at radius 1 is 1.33 bits per heavy atom. The normalized spacial score (nSPS) is 23.0. The van der Waals surface area contributed by atoms with Crippen molar-refractivity contribution in [1.29, 1.82) is 0 Å². The van der Waals surface area contributed by atoms with Gasteiger partial charge in [0.05, 0.1) is 13.7 Å². The third-order valence-electron chi connectivity index (χ3n) is 4.20. The largest absolute Gasteiger partial charge is 0.493 e. The van der Waals surface area contributed by atoms with Gasteiger partial charge in [-0.1, -0.05) is 13.0 Å². The summed E-state index contributed by atoms with van der Waals surface area (Å²) in [5.74, 6) is 2.32. The second-order valence-corrected chi connectivity index (χ2v) is 5.93. The minimum atomic E-state index is 0.596. The molecule has 1 aliphatic heterocycles. The van der Waals surface area contributed by atoms with E-state index in [0.29, 0.717) is 18.6 Å². The van der Waals surface area contributed by atoms with Crippen LogP contribution in [0.15, 0.2) is 18.2 Å². The SMILES string of the molecule is CCOc1cc(CNC2CCN(C)CC2C)ccc1OC. The van der Waals surface area contributed by atoms with Crippen molar-refractivity contribution >= 4 is 0 Å². The number of nitrogens with zero attached hydrogens (tertiary/aromatic N) is 1. The van der Waals surface area contributed by atoms with E-state index < -0.39 is 0 Å². The summed E-state index contributed by atoms with van der Waals surface area (Å²) < 4.78 is 11.0. The molecule has 21 heavy (non-hydrogen) atoms. The van der Waals surface area contributed by atoms with Gasteiger partial charge in [0.1, 0.15) is 0 Å². The van der Waals surface area contributed by atoms with Crippen molar-refractivity contribution in [3.8, 4) is 11.5 Å². The van der Waals surface area contributed by atoms with Crippen molar-refractivity contribution in [2.45, 2.75) is 32.9 Å². The summed E-state index contributed by atoms with van der Waals surface area (Å²) in [4.78, 5) is 2.41. The first kappa shape index (κ1) is 16.1. The van der Waals surface area contributed by atoms with Crippen molar-refractivity contribution < 1.29 is 9.47 Å². The lowest BCUT2D eigenvalue weighted by Gasteiger charge is -2.35. The smallest absolute Gasteiger partial charge is 0.161 e. The molecule has 1 fully saturated rings. The topological polar surface area (TPSA) is 33.7 Å². The van der Waals surface area contributed by atoms with Crippen LogP contribution in [0.5, 0.6) is 11.5 Å². The lowest BCUT2D eigenvalue weighted by molar-refractivity contribution is 0.174. The summed E-state index contributed by atoms with van der Waals surface area (Å²) in [6, 6.07) is 6.77. The van der Waals surface area contributed by atoms with E-state index in [1.165, 1.54) is 25.1 Å². The molecule has 1 aliphatic rings. The predicted octanol–water partition coefficient (Wildman–Crippen LogP) is 2.52. The Morgan fingerprint density at radius 3 is 2.81 bits per heavy atom. The molecule has 2 rings (SSSR count). The number of benzene rings is 1. The van der Waals surface area contributed by atoms with Crippen molar-refractivity contribution in [2.75, 3.05) is 33.9 Å². The van der Waals surface area contributed by atoms with E-state index in [-0.39, 0.29) is 0 Å². The van der Waals surface area contributed by atoms with Crippen LogP contribution in [0.2, 0.25) is 0 Å². The molecule has 0 spiro atoms. The van der Waals surface area contributed by atoms with E-state index in [9.17, 15) is 0 Å². The zero-order valence-electron chi connectivity index (χ0n) is 13.7. The van der Waals surface area contributed by atoms with Gasteiger partial charge >= 0.3 is 0 Å². The van der Waals surface area contributed by atoms with Crippen LogP contribution in [-0.2, 0) is 6.54 Å². The van der Waals surface area contributed by atoms with E-state index in [0.717, 1.165) is 18.0 Å². The molecule has 0 radical (unpaired) electrons. The third-order valence-corrected chi connectivity index (χ3v) is 4.20. The molecule has 1 saturated heterocycles. The summed E-state index contributed by atoms with van der Waals surface area (Å²) >= 11 is 0. The number of likely N-dealkylation sites (tertiary alicyclic amines) is 1. The number of nitrogens with one attached hydrogen (secondary N) is 1. The van der Waals surface area contributed by atoms with E-state index >= 15 is 0 Å². The minimum Gasteiger partial charge on any atom is -0.493 e. The van der Waals surface area contributed by atoms with Gasteiger partial charge < -0.3 is 19.7 Å². The Kier molecular flexibility index (Phi) is 5.88. The van der Waals surface area contributed by atoms with Gasteiger partial charge in [0, 0.05) is 19.1 Å². The standard InChI is InChI=1S/C17H28N2O2/c1-5-21-17-10-14(6-7-16(17)20-4)11-18-15-8-9-19(3)12-13(15)2/h6-7,10,13,15,18H,5,8-9,11-12H2,1-4H3. The number of hydrogen-bond acceptors (Lipinski definition) is 4. The Balaban J connectivity index is 1.95. The van der Waals surface area contributed by atoms with Crippen LogP contribution in [0.3, 0.4) is 0 Å². The Hall–Kier alpha value is -1.26. The summed E-state index contributed by atoms with van der Waals surface area (Å²) in [6.07, 6.45) is 1.21. The van der Waals surface area contributed by atoms with Crippen LogP contribution in [0, 0.1) is 5.92 Å². The molecule has 2 atom stereocenters. The van der Waals surface area contributed by atoms with Crippen LogP contribution in [0.1, 0.15) is 25.8 Å². The average molecular weight is 292 g/mol. The fourth-order valence-corrected chi connectivity index (χ4v) is 3.01. The van der Waals surface area contributed by atoms with Crippen molar-refractivity contribution in [2.24, 2.45) is 5.92 Å². The quantitative estimate of drug-likeness (QED) is 0.873. The van der Waals surface area contributed by atoms with Crippen LogP contribution in [-0.4, -0.2) is 44.8 Å². The molecule has 2 unspecified atom stereocenters. The van der Waals surface area contributed by atoms with E-state index in [2.05, 4.69) is 36.3 Å². The fourth-order valence-electron chi connectivity index (χ4n) is 3.01. The Morgan fingerprint density at radius 2 is 2.14 bits per heavy atom. The number of methoxy groups -OCH3 is 1. The van der Waals surface area contributed by atoms with Gasteiger partial charge in [0.25, 0.3) is 0 Å². The summed E-state index contributed by atoms with van der Waals surface area (Å²) in [5.41, 5.74) is 1.24. The Bertz CT molecular complexity index is 450. The molecule has 0 bridgehead atoms. The molecule has 0 aliphatic carbocycles. The summed E-state index contributed by atoms with van der Waals surface area (Å²) in [6.45, 7) is 8.19. The van der Waals surface area contributed by atoms with Crippen LogP contribution in [0.25, 0.3) is 0 Å². The molecule has 1 heterocycles. The molecule has 4 heteroatoms. The van der Waals surface area contributed by atoms with Gasteiger partial charge in [-0.3, -0.25) is 0 Å². The molecule has 4 nitrogen and oxygen atoms in total. The van der Waals surface area contributed by atoms with E-state index in [4.69, 9.17) is 9.47 Å². The molecule has 0 amide bonds. The van der Waals surface area contributed by atoms with Gasteiger partial charge in [-0.2, -0.15) is 0 Å². The number of hydrogen-bond donors (Lipinski definition) is 1. The predicted molar refractivity (Wildman–Crippen MR) is 86.1 cm³/mol. The number of rotatable bonds is 6. The molecular weight excluding hydrogens is 264 g/mol. The van der Waals surface area contributed by atoms with Gasteiger partial charge in [-0.05, 0) is 50.6 Å². The maximum Gasteiger partial charge on any atom is 0.161 e. The van der Waals surface area contributed by atoms with Crippen LogP contribution in [0.4, 0.5) is 0 Å². The second-order valence-electron chi connectivity index (χ2n) is 5.93. The average Bonchev–Trinajstić information content (AvgIpc) is 2.47. The summed E-state index contributed by atoms with van der Waals surface area (Å²) in [5, 5.41) is 3.69. The maximum atomic E-state index is 5.64. The monoisotopic (exact) mass is 292 g/mol. The first-order chi connectivity index (χ1) is 10.1. The zero-order valence-corrected chi connectivity index (χ0v) is 13.7. The molecule has 0 aromatic heterocycles. The van der Waals surface area contributed by atoms with Crippen molar-refractivity contribution in [3.05, 3.63) is 23.8 Å². The maximum absolute atomic E-state index is 5.64. The lowest BCUT2D eigenvalue weighted by Crippen LogP contribution is -2.46. The highest BCUT2D eigenvalue weighted by Crippen LogP contribution is 2.28. The summed E-state index contributed by atoms with van der Waals surface area (Å²) in [7, 11) is 3.88. The van der Waals surface area contributed by atoms with Gasteiger partial charge in [-0.25, -0.2) is 0 Å². The van der Waals surface area contributed by atoms with Crippen molar-refractivity contribution in [3.63, 3.8) is 0 Å². The van der Waals surface area contributed by atoms with Crippen LogP contribution < -0.4 is 14.8 Å². The fraction of sp³-hybridized carbons (Fsp3) is 0.647. The molecule has 1 N–H and O–H groups in total.